The van der Waals surface area contributed by atoms with Crippen LogP contribution in [0, 0.1) is 0 Å². The van der Waals surface area contributed by atoms with Crippen molar-refractivity contribution >= 4 is 26.7 Å². The molecular formula is C29H33N5O3S. The predicted octanol–water partition coefficient (Wildman–Crippen LogP) is 4.34. The molecule has 8 nitrogen and oxygen atoms in total. The Bertz CT molecular complexity index is 1490. The summed E-state index contributed by atoms with van der Waals surface area (Å²) in [6, 6.07) is 24.9. The summed E-state index contributed by atoms with van der Waals surface area (Å²) in [6.45, 7) is 4.85. The van der Waals surface area contributed by atoms with Gasteiger partial charge in [0.15, 0.2) is 0 Å². The minimum Gasteiger partial charge on any atom is -0.497 e. The molecule has 1 aliphatic rings. The van der Waals surface area contributed by atoms with Crippen molar-refractivity contribution in [3.63, 3.8) is 0 Å². The van der Waals surface area contributed by atoms with Crippen molar-refractivity contribution in [3.8, 4) is 5.75 Å². The predicted molar refractivity (Wildman–Crippen MR) is 150 cm³/mol. The summed E-state index contributed by atoms with van der Waals surface area (Å²) in [7, 11) is 0.0534. The number of methoxy groups -OCH3 is 1. The molecule has 1 aromatic heterocycles. The highest BCUT2D eigenvalue weighted by molar-refractivity contribution is 7.89. The van der Waals surface area contributed by atoms with Crippen molar-refractivity contribution in [1.29, 1.82) is 0 Å². The lowest BCUT2D eigenvalue weighted by atomic mass is 10.1. The van der Waals surface area contributed by atoms with Crippen LogP contribution in [-0.2, 0) is 16.6 Å². The topological polar surface area (TPSA) is 78.9 Å². The lowest BCUT2D eigenvalue weighted by Crippen LogP contribution is -2.49. The number of para-hydroxylation sites is 1. The van der Waals surface area contributed by atoms with E-state index >= 15 is 0 Å². The maximum Gasteiger partial charge on any atom is 0.243 e. The normalized spacial score (nSPS) is 15.9. The molecule has 0 amide bonds. The number of rotatable bonds is 8. The Balaban J connectivity index is 1.34. The highest BCUT2D eigenvalue weighted by Gasteiger charge is 2.31. The maximum atomic E-state index is 13.2. The third kappa shape index (κ3) is 5.36. The highest BCUT2D eigenvalue weighted by Crippen LogP contribution is 2.29. The molecule has 3 aromatic carbocycles. The van der Waals surface area contributed by atoms with E-state index in [0.29, 0.717) is 31.9 Å². The van der Waals surface area contributed by atoms with Crippen LogP contribution < -0.4 is 9.64 Å². The quantitative estimate of drug-likeness (QED) is 0.335. The molecule has 0 radical (unpaired) electrons. The molecule has 0 N–H and O–H groups in total. The van der Waals surface area contributed by atoms with Crippen LogP contribution in [-0.4, -0.2) is 67.9 Å². The largest absolute Gasteiger partial charge is 0.497 e. The standard InChI is InChI=1S/C29H33N5O3S/c1-22(33-17-19-34(20-18-33)38(35,36)25-15-13-24(37-3)14-16-25)28-30-27-12-8-7-11-26(27)29(31-28)32(2)21-23-9-5-4-6-10-23/h4-16,22H,17-21H2,1-3H3. The van der Waals surface area contributed by atoms with Gasteiger partial charge in [-0.25, -0.2) is 18.4 Å². The van der Waals surface area contributed by atoms with E-state index in [4.69, 9.17) is 14.7 Å². The summed E-state index contributed by atoms with van der Waals surface area (Å²) in [5.74, 6) is 2.26. The maximum absolute atomic E-state index is 13.2. The monoisotopic (exact) mass is 531 g/mol. The van der Waals surface area contributed by atoms with Crippen molar-refractivity contribution in [3.05, 3.63) is 90.3 Å². The molecule has 0 bridgehead atoms. The smallest absolute Gasteiger partial charge is 0.243 e. The number of nitrogens with zero attached hydrogens (tertiary/aromatic N) is 5. The number of sulfonamides is 1. The molecule has 1 atom stereocenters. The molecule has 1 unspecified atom stereocenters. The van der Waals surface area contributed by atoms with Crippen LogP contribution in [0.5, 0.6) is 5.75 Å². The van der Waals surface area contributed by atoms with Crippen molar-refractivity contribution in [1.82, 2.24) is 19.2 Å². The minimum atomic E-state index is -3.56. The number of hydrogen-bond donors (Lipinski definition) is 0. The van der Waals surface area contributed by atoms with Crippen LogP contribution in [0.2, 0.25) is 0 Å². The molecule has 9 heteroatoms. The number of anilines is 1. The van der Waals surface area contributed by atoms with Gasteiger partial charge in [0.1, 0.15) is 17.4 Å². The average molecular weight is 532 g/mol. The van der Waals surface area contributed by atoms with Crippen LogP contribution in [0.15, 0.2) is 83.8 Å². The second kappa shape index (κ2) is 11.1. The van der Waals surface area contributed by atoms with Gasteiger partial charge in [0.2, 0.25) is 10.0 Å². The summed E-state index contributed by atoms with van der Waals surface area (Å²) in [5, 5.41) is 1.01. The first-order valence-electron chi connectivity index (χ1n) is 12.8. The zero-order valence-electron chi connectivity index (χ0n) is 22.0. The lowest BCUT2D eigenvalue weighted by molar-refractivity contribution is 0.141. The fourth-order valence-electron chi connectivity index (χ4n) is 4.88. The van der Waals surface area contributed by atoms with Gasteiger partial charge in [-0.15, -0.1) is 0 Å². The van der Waals surface area contributed by atoms with E-state index in [9.17, 15) is 8.42 Å². The van der Waals surface area contributed by atoms with Crippen LogP contribution in [0.3, 0.4) is 0 Å². The third-order valence-corrected chi connectivity index (χ3v) is 9.03. The van der Waals surface area contributed by atoms with Gasteiger partial charge >= 0.3 is 0 Å². The van der Waals surface area contributed by atoms with Crippen LogP contribution in [0.4, 0.5) is 5.82 Å². The van der Waals surface area contributed by atoms with Crippen molar-refractivity contribution in [2.75, 3.05) is 45.2 Å². The Labute approximate surface area is 224 Å². The van der Waals surface area contributed by atoms with E-state index in [2.05, 4.69) is 42.0 Å². The van der Waals surface area contributed by atoms with E-state index in [1.165, 1.54) is 5.56 Å². The van der Waals surface area contributed by atoms with Crippen LogP contribution in [0.1, 0.15) is 24.4 Å². The molecule has 2 heterocycles. The summed E-state index contributed by atoms with van der Waals surface area (Å²) in [4.78, 5) is 14.6. The Morgan fingerprint density at radius 2 is 1.55 bits per heavy atom. The van der Waals surface area contributed by atoms with Gasteiger partial charge in [-0.2, -0.15) is 4.31 Å². The molecule has 0 aliphatic carbocycles. The van der Waals surface area contributed by atoms with E-state index in [0.717, 1.165) is 29.1 Å². The zero-order chi connectivity index (χ0) is 26.7. The Morgan fingerprint density at radius 3 is 2.24 bits per heavy atom. The molecule has 0 saturated carbocycles. The van der Waals surface area contributed by atoms with Crippen molar-refractivity contribution in [2.45, 2.75) is 24.4 Å². The van der Waals surface area contributed by atoms with E-state index < -0.39 is 10.0 Å². The second-order valence-corrected chi connectivity index (χ2v) is 11.5. The molecule has 1 saturated heterocycles. The van der Waals surface area contributed by atoms with Crippen molar-refractivity contribution in [2.24, 2.45) is 0 Å². The molecule has 5 rings (SSSR count). The first kappa shape index (κ1) is 26.1. The molecular weight excluding hydrogens is 498 g/mol. The first-order valence-corrected chi connectivity index (χ1v) is 14.2. The first-order chi connectivity index (χ1) is 18.4. The van der Waals surface area contributed by atoms with Gasteiger partial charge in [0, 0.05) is 45.2 Å². The average Bonchev–Trinajstić information content (AvgIpc) is 2.96. The number of hydrogen-bond acceptors (Lipinski definition) is 7. The van der Waals surface area contributed by atoms with Gasteiger partial charge in [-0.3, -0.25) is 4.90 Å². The fraction of sp³-hybridized carbons (Fsp3) is 0.310. The van der Waals surface area contributed by atoms with Crippen LogP contribution in [0.25, 0.3) is 10.9 Å². The Kier molecular flexibility index (Phi) is 7.60. The number of fused-ring (bicyclic) bond motifs is 1. The summed E-state index contributed by atoms with van der Waals surface area (Å²) in [6.07, 6.45) is 0. The molecule has 198 valence electrons. The summed E-state index contributed by atoms with van der Waals surface area (Å²) < 4.78 is 33.1. The summed E-state index contributed by atoms with van der Waals surface area (Å²) in [5.41, 5.74) is 2.11. The molecule has 38 heavy (non-hydrogen) atoms. The number of ether oxygens (including phenoxy) is 1. The number of aromatic nitrogens is 2. The van der Waals surface area contributed by atoms with Crippen molar-refractivity contribution < 1.29 is 13.2 Å². The van der Waals surface area contributed by atoms with Gasteiger partial charge in [0.05, 0.1) is 23.6 Å². The highest BCUT2D eigenvalue weighted by atomic mass is 32.2. The van der Waals surface area contributed by atoms with Crippen LogP contribution >= 0.6 is 0 Å². The molecule has 1 fully saturated rings. The number of piperazine rings is 1. The SMILES string of the molecule is COc1ccc(S(=O)(=O)N2CCN(C(C)c3nc(N(C)Cc4ccccc4)c4ccccc4n3)CC2)cc1. The summed E-state index contributed by atoms with van der Waals surface area (Å²) >= 11 is 0. The molecule has 0 spiro atoms. The van der Waals surface area contributed by atoms with E-state index in [1.54, 1.807) is 35.7 Å². The van der Waals surface area contributed by atoms with Gasteiger partial charge in [-0.05, 0) is 48.9 Å². The second-order valence-electron chi connectivity index (χ2n) is 9.56. The van der Waals surface area contributed by atoms with Gasteiger partial charge in [0.25, 0.3) is 0 Å². The molecule has 1 aliphatic heterocycles. The van der Waals surface area contributed by atoms with Gasteiger partial charge in [-0.1, -0.05) is 42.5 Å². The van der Waals surface area contributed by atoms with E-state index in [1.807, 2.05) is 36.4 Å². The molecule has 4 aromatic rings. The van der Waals surface area contributed by atoms with Gasteiger partial charge < -0.3 is 9.64 Å². The third-order valence-electron chi connectivity index (χ3n) is 7.12. The Hall–Kier alpha value is -3.53. The number of benzene rings is 3. The lowest BCUT2D eigenvalue weighted by Gasteiger charge is -2.37. The minimum absolute atomic E-state index is 0.0608. The zero-order valence-corrected chi connectivity index (χ0v) is 22.8. The van der Waals surface area contributed by atoms with E-state index in [-0.39, 0.29) is 10.9 Å². The Morgan fingerprint density at radius 1 is 0.895 bits per heavy atom. The fourth-order valence-corrected chi connectivity index (χ4v) is 6.30.